The van der Waals surface area contributed by atoms with Gasteiger partial charge in [0.2, 0.25) is 0 Å². The quantitative estimate of drug-likeness (QED) is 0.780. The third kappa shape index (κ3) is 4.06. The summed E-state index contributed by atoms with van der Waals surface area (Å²) in [7, 11) is 0. The molecule has 0 radical (unpaired) electrons. The van der Waals surface area contributed by atoms with Crippen molar-refractivity contribution in [2.45, 2.75) is 46.6 Å². The molecule has 1 atom stereocenters. The highest BCUT2D eigenvalue weighted by Crippen LogP contribution is 2.35. The molecule has 2 nitrogen and oxygen atoms in total. The van der Waals surface area contributed by atoms with Crippen molar-refractivity contribution in [3.8, 4) is 0 Å². The van der Waals surface area contributed by atoms with E-state index in [-0.39, 0.29) is 12.0 Å². The van der Waals surface area contributed by atoms with Crippen molar-refractivity contribution in [3.63, 3.8) is 0 Å². The number of benzene rings is 1. The smallest absolute Gasteiger partial charge is 0.0431 e. The molecule has 1 aromatic carbocycles. The van der Waals surface area contributed by atoms with Crippen molar-refractivity contribution >= 4 is 21.4 Å². The maximum atomic E-state index is 8.98. The van der Waals surface area contributed by atoms with Crippen LogP contribution in [-0.4, -0.2) is 18.3 Å². The van der Waals surface area contributed by atoms with Gasteiger partial charge in [-0.2, -0.15) is 0 Å². The SMILES string of the molecule is Cc1c(C(C)NCC(C)(C)CCCO)sc2ccccc12. The number of nitrogens with one attached hydrogen (secondary N) is 1. The second kappa shape index (κ2) is 6.91. The van der Waals surface area contributed by atoms with Crippen molar-refractivity contribution in [1.82, 2.24) is 5.32 Å². The summed E-state index contributed by atoms with van der Waals surface area (Å²) in [4.78, 5) is 1.44. The van der Waals surface area contributed by atoms with Crippen LogP contribution in [0.4, 0.5) is 0 Å². The molecule has 0 saturated carbocycles. The number of aryl methyl sites for hydroxylation is 1. The zero-order valence-electron chi connectivity index (χ0n) is 13.6. The molecule has 0 amide bonds. The van der Waals surface area contributed by atoms with Crippen molar-refractivity contribution in [3.05, 3.63) is 34.7 Å². The van der Waals surface area contributed by atoms with Gasteiger partial charge in [-0.1, -0.05) is 32.0 Å². The van der Waals surface area contributed by atoms with Gasteiger partial charge < -0.3 is 10.4 Å². The first kappa shape index (κ1) is 16.5. The van der Waals surface area contributed by atoms with Crippen LogP contribution in [0.2, 0.25) is 0 Å². The molecule has 1 unspecified atom stereocenters. The highest BCUT2D eigenvalue weighted by atomic mass is 32.1. The van der Waals surface area contributed by atoms with Crippen LogP contribution < -0.4 is 5.32 Å². The molecule has 1 aromatic heterocycles. The van der Waals surface area contributed by atoms with E-state index in [0.29, 0.717) is 6.04 Å². The Bertz CT molecular complexity index is 588. The molecule has 2 rings (SSSR count). The maximum absolute atomic E-state index is 8.98. The Morgan fingerprint density at radius 2 is 2.00 bits per heavy atom. The Morgan fingerprint density at radius 3 is 2.67 bits per heavy atom. The van der Waals surface area contributed by atoms with Crippen molar-refractivity contribution < 1.29 is 5.11 Å². The molecule has 0 aliphatic rings. The maximum Gasteiger partial charge on any atom is 0.0431 e. The van der Waals surface area contributed by atoms with E-state index >= 15 is 0 Å². The molecule has 2 N–H and O–H groups in total. The van der Waals surface area contributed by atoms with Crippen LogP contribution in [0.5, 0.6) is 0 Å². The zero-order valence-corrected chi connectivity index (χ0v) is 14.4. The lowest BCUT2D eigenvalue weighted by molar-refractivity contribution is 0.233. The topological polar surface area (TPSA) is 32.3 Å². The minimum absolute atomic E-state index is 0.224. The molecule has 0 bridgehead atoms. The van der Waals surface area contributed by atoms with Crippen LogP contribution in [0, 0.1) is 12.3 Å². The van der Waals surface area contributed by atoms with Gasteiger partial charge in [-0.25, -0.2) is 0 Å². The van der Waals surface area contributed by atoms with E-state index in [1.54, 1.807) is 0 Å². The van der Waals surface area contributed by atoms with Crippen LogP contribution in [0.3, 0.4) is 0 Å². The van der Waals surface area contributed by atoms with E-state index in [4.69, 9.17) is 5.11 Å². The molecule has 21 heavy (non-hydrogen) atoms. The minimum Gasteiger partial charge on any atom is -0.396 e. The average molecular weight is 305 g/mol. The predicted octanol–water partition coefficient (Wildman–Crippen LogP) is 4.66. The number of aliphatic hydroxyl groups excluding tert-OH is 1. The average Bonchev–Trinajstić information content (AvgIpc) is 2.81. The van der Waals surface area contributed by atoms with Gasteiger partial charge in [0.15, 0.2) is 0 Å². The van der Waals surface area contributed by atoms with Gasteiger partial charge in [0.05, 0.1) is 0 Å². The fraction of sp³-hybridized carbons (Fsp3) is 0.556. The molecule has 0 fully saturated rings. The number of hydrogen-bond donors (Lipinski definition) is 2. The lowest BCUT2D eigenvalue weighted by Gasteiger charge is -2.27. The van der Waals surface area contributed by atoms with Crippen LogP contribution in [-0.2, 0) is 0 Å². The third-order valence-corrected chi connectivity index (χ3v) is 5.63. The molecule has 116 valence electrons. The fourth-order valence-corrected chi connectivity index (χ4v) is 4.01. The predicted molar refractivity (Wildman–Crippen MR) is 93.1 cm³/mol. The van der Waals surface area contributed by atoms with Gasteiger partial charge in [-0.15, -0.1) is 11.3 Å². The summed E-state index contributed by atoms with van der Waals surface area (Å²) in [6.45, 7) is 10.3. The summed E-state index contributed by atoms with van der Waals surface area (Å²) in [5, 5.41) is 14.0. The first-order valence-corrected chi connectivity index (χ1v) is 8.58. The minimum atomic E-state index is 0.224. The first-order chi connectivity index (χ1) is 9.94. The van der Waals surface area contributed by atoms with Gasteiger partial charge in [0.1, 0.15) is 0 Å². The lowest BCUT2D eigenvalue weighted by Crippen LogP contribution is -2.31. The Labute approximate surface area is 132 Å². The van der Waals surface area contributed by atoms with E-state index in [0.717, 1.165) is 19.4 Å². The van der Waals surface area contributed by atoms with Gasteiger partial charge in [0.25, 0.3) is 0 Å². The van der Waals surface area contributed by atoms with Gasteiger partial charge in [-0.05, 0) is 49.1 Å². The van der Waals surface area contributed by atoms with E-state index in [2.05, 4.69) is 57.3 Å². The first-order valence-electron chi connectivity index (χ1n) is 7.77. The van der Waals surface area contributed by atoms with Gasteiger partial charge in [0, 0.05) is 28.8 Å². The standard InChI is InChI=1S/C18H27NOS/c1-13-15-8-5-6-9-16(15)21-17(13)14(2)19-12-18(3,4)10-7-11-20/h5-6,8-9,14,19-20H,7,10-12H2,1-4H3. The van der Waals surface area contributed by atoms with E-state index in [1.165, 1.54) is 20.5 Å². The zero-order chi connectivity index (χ0) is 15.5. The van der Waals surface area contributed by atoms with Crippen molar-refractivity contribution in [2.75, 3.05) is 13.2 Å². The van der Waals surface area contributed by atoms with Crippen molar-refractivity contribution in [1.29, 1.82) is 0 Å². The monoisotopic (exact) mass is 305 g/mol. The Hall–Kier alpha value is -0.900. The van der Waals surface area contributed by atoms with Crippen LogP contribution in [0.15, 0.2) is 24.3 Å². The number of hydrogen-bond acceptors (Lipinski definition) is 3. The lowest BCUT2D eigenvalue weighted by atomic mass is 9.87. The van der Waals surface area contributed by atoms with E-state index < -0.39 is 0 Å². The van der Waals surface area contributed by atoms with Crippen LogP contribution >= 0.6 is 11.3 Å². The van der Waals surface area contributed by atoms with Gasteiger partial charge in [-0.3, -0.25) is 0 Å². The van der Waals surface area contributed by atoms with E-state index in [9.17, 15) is 0 Å². The highest BCUT2D eigenvalue weighted by molar-refractivity contribution is 7.19. The Morgan fingerprint density at radius 1 is 1.29 bits per heavy atom. The molecule has 0 spiro atoms. The number of thiophene rings is 1. The normalized spacial score (nSPS) is 13.8. The number of aliphatic hydroxyl groups is 1. The molecule has 2 aromatic rings. The summed E-state index contributed by atoms with van der Waals surface area (Å²) in [6.07, 6.45) is 1.93. The Balaban J connectivity index is 2.05. The van der Waals surface area contributed by atoms with Crippen LogP contribution in [0.25, 0.3) is 10.1 Å². The summed E-state index contributed by atoms with van der Waals surface area (Å²) in [5.74, 6) is 0. The molecule has 0 aliphatic heterocycles. The second-order valence-corrected chi connectivity index (χ2v) is 7.77. The fourth-order valence-electron chi connectivity index (χ4n) is 2.77. The molecule has 3 heteroatoms. The second-order valence-electron chi connectivity index (χ2n) is 6.68. The summed E-state index contributed by atoms with van der Waals surface area (Å²) in [5.41, 5.74) is 1.63. The molecular formula is C18H27NOS. The Kier molecular flexibility index (Phi) is 5.42. The van der Waals surface area contributed by atoms with E-state index in [1.807, 2.05) is 11.3 Å². The van der Waals surface area contributed by atoms with Crippen LogP contribution in [0.1, 0.15) is 50.1 Å². The molecular weight excluding hydrogens is 278 g/mol. The molecule has 0 aliphatic carbocycles. The highest BCUT2D eigenvalue weighted by Gasteiger charge is 2.20. The molecule has 1 heterocycles. The number of fused-ring (bicyclic) bond motifs is 1. The summed E-state index contributed by atoms with van der Waals surface area (Å²) < 4.78 is 1.37. The third-order valence-electron chi connectivity index (χ3n) is 4.17. The summed E-state index contributed by atoms with van der Waals surface area (Å²) >= 11 is 1.90. The van der Waals surface area contributed by atoms with Gasteiger partial charge >= 0.3 is 0 Å². The van der Waals surface area contributed by atoms with Crippen molar-refractivity contribution in [2.24, 2.45) is 5.41 Å². The largest absolute Gasteiger partial charge is 0.396 e. The summed E-state index contributed by atoms with van der Waals surface area (Å²) in [6, 6.07) is 9.01. The molecule has 0 saturated heterocycles. The number of rotatable bonds is 7.